The van der Waals surface area contributed by atoms with Gasteiger partial charge in [-0.25, -0.2) is 4.79 Å². The summed E-state index contributed by atoms with van der Waals surface area (Å²) in [5.41, 5.74) is 2.21. The first kappa shape index (κ1) is 29.4. The molecule has 0 spiro atoms. The summed E-state index contributed by atoms with van der Waals surface area (Å²) in [7, 11) is 2.80. The highest BCUT2D eigenvalue weighted by Crippen LogP contribution is 2.34. The number of benzene rings is 3. The number of thioether (sulfide) groups is 1. The molecule has 0 atom stereocenters. The zero-order valence-corrected chi connectivity index (χ0v) is 24.1. The lowest BCUT2D eigenvalue weighted by Gasteiger charge is -2.09. The maximum atomic E-state index is 12.9. The Morgan fingerprint density at radius 3 is 2.17 bits per heavy atom. The van der Waals surface area contributed by atoms with E-state index in [4.69, 9.17) is 9.47 Å². The summed E-state index contributed by atoms with van der Waals surface area (Å²) in [6, 6.07) is 22.8. The number of para-hydroxylation sites is 1. The van der Waals surface area contributed by atoms with E-state index in [-0.39, 0.29) is 33.0 Å². The Bertz CT molecular complexity index is 1570. The summed E-state index contributed by atoms with van der Waals surface area (Å²) in [4.78, 5) is 52.0. The molecule has 4 rings (SSSR count). The molecule has 9 nitrogen and oxygen atoms in total. The standard InChI is InChI=1S/C30H27N3O6S2/c1-18-25(30(37)39-3)29(41-26(18)28(36)31-20-8-5-4-6-9-20)33-24(34)17-40-23-11-7-10-21(16-23)32-27(35)19-12-14-22(38-2)15-13-19/h4-16H,17H2,1-3H3,(H,31,36)(H,32,35)(H,33,34). The lowest BCUT2D eigenvalue weighted by Crippen LogP contribution is -2.16. The highest BCUT2D eigenvalue weighted by Gasteiger charge is 2.26. The molecule has 3 amide bonds. The fourth-order valence-electron chi connectivity index (χ4n) is 3.80. The van der Waals surface area contributed by atoms with Crippen LogP contribution >= 0.6 is 23.1 Å². The second-order valence-corrected chi connectivity index (χ2v) is 10.7. The molecule has 4 aromatic rings. The van der Waals surface area contributed by atoms with Gasteiger partial charge in [0.1, 0.15) is 10.8 Å². The van der Waals surface area contributed by atoms with E-state index < -0.39 is 11.9 Å². The summed E-state index contributed by atoms with van der Waals surface area (Å²) in [5.74, 6) is -1.01. The van der Waals surface area contributed by atoms with Gasteiger partial charge in [-0.2, -0.15) is 0 Å². The minimum atomic E-state index is -0.652. The van der Waals surface area contributed by atoms with Crippen LogP contribution in [-0.2, 0) is 9.53 Å². The van der Waals surface area contributed by atoms with E-state index in [0.29, 0.717) is 28.3 Å². The number of carbonyl (C=O) groups excluding carboxylic acids is 4. The molecule has 1 heterocycles. The third kappa shape index (κ3) is 7.53. The van der Waals surface area contributed by atoms with Gasteiger partial charge in [0.15, 0.2) is 0 Å². The molecule has 3 aromatic carbocycles. The fourth-order valence-corrected chi connectivity index (χ4v) is 5.66. The second-order valence-electron chi connectivity index (χ2n) is 8.62. The first-order valence-corrected chi connectivity index (χ1v) is 14.2. The number of methoxy groups -OCH3 is 2. The molecule has 0 radical (unpaired) electrons. The van der Waals surface area contributed by atoms with E-state index in [1.54, 1.807) is 80.8 Å². The molecule has 0 saturated carbocycles. The van der Waals surface area contributed by atoms with Crippen molar-refractivity contribution < 1.29 is 28.7 Å². The summed E-state index contributed by atoms with van der Waals surface area (Å²) in [6.07, 6.45) is 0. The molecule has 210 valence electrons. The number of thiophene rings is 1. The average molecular weight is 590 g/mol. The number of hydrogen-bond donors (Lipinski definition) is 3. The molecular formula is C30H27N3O6S2. The van der Waals surface area contributed by atoms with Crippen LogP contribution in [0.15, 0.2) is 83.8 Å². The van der Waals surface area contributed by atoms with Crippen LogP contribution in [0.3, 0.4) is 0 Å². The van der Waals surface area contributed by atoms with Gasteiger partial charge < -0.3 is 25.4 Å². The van der Waals surface area contributed by atoms with E-state index in [1.807, 2.05) is 12.1 Å². The minimum absolute atomic E-state index is 0.0268. The summed E-state index contributed by atoms with van der Waals surface area (Å²) in [5, 5.41) is 8.63. The molecule has 0 aliphatic rings. The first-order chi connectivity index (χ1) is 19.8. The van der Waals surface area contributed by atoms with Crippen LogP contribution in [0, 0.1) is 6.92 Å². The van der Waals surface area contributed by atoms with Crippen molar-refractivity contribution in [3.8, 4) is 5.75 Å². The number of hydrogen-bond acceptors (Lipinski definition) is 8. The normalized spacial score (nSPS) is 10.4. The van der Waals surface area contributed by atoms with Crippen LogP contribution in [0.2, 0.25) is 0 Å². The van der Waals surface area contributed by atoms with Gasteiger partial charge in [-0.15, -0.1) is 23.1 Å². The molecule has 3 N–H and O–H groups in total. The Kier molecular flexibility index (Phi) is 9.77. The third-order valence-electron chi connectivity index (χ3n) is 5.84. The Morgan fingerprint density at radius 1 is 0.805 bits per heavy atom. The SMILES string of the molecule is COC(=O)c1c(NC(=O)CSc2cccc(NC(=O)c3ccc(OC)cc3)c2)sc(C(=O)Nc2ccccc2)c1C. The molecule has 0 saturated heterocycles. The molecule has 0 unspecified atom stereocenters. The number of rotatable bonds is 10. The molecule has 0 bridgehead atoms. The quantitative estimate of drug-likeness (QED) is 0.151. The third-order valence-corrected chi connectivity index (χ3v) is 8.04. The second kappa shape index (κ2) is 13.6. The van der Waals surface area contributed by atoms with Gasteiger partial charge in [0.25, 0.3) is 11.8 Å². The van der Waals surface area contributed by atoms with Crippen molar-refractivity contribution in [2.24, 2.45) is 0 Å². The summed E-state index contributed by atoms with van der Waals surface area (Å²) >= 11 is 2.27. The number of ether oxygens (including phenoxy) is 2. The molecule has 0 aliphatic carbocycles. The topological polar surface area (TPSA) is 123 Å². The van der Waals surface area contributed by atoms with Crippen molar-refractivity contribution >= 4 is 63.2 Å². The van der Waals surface area contributed by atoms with E-state index in [1.165, 1.54) is 18.9 Å². The lowest BCUT2D eigenvalue weighted by molar-refractivity contribution is -0.113. The highest BCUT2D eigenvalue weighted by atomic mass is 32.2. The van der Waals surface area contributed by atoms with Gasteiger partial charge in [-0.3, -0.25) is 14.4 Å². The number of carbonyl (C=O) groups is 4. The average Bonchev–Trinajstić information content (AvgIpc) is 3.31. The number of amides is 3. The molecular weight excluding hydrogens is 562 g/mol. The Balaban J connectivity index is 1.41. The molecule has 41 heavy (non-hydrogen) atoms. The molecule has 1 aromatic heterocycles. The van der Waals surface area contributed by atoms with E-state index >= 15 is 0 Å². The lowest BCUT2D eigenvalue weighted by atomic mass is 10.1. The predicted molar refractivity (Wildman–Crippen MR) is 162 cm³/mol. The van der Waals surface area contributed by atoms with Gasteiger partial charge in [0.05, 0.1) is 30.4 Å². The van der Waals surface area contributed by atoms with E-state index in [2.05, 4.69) is 16.0 Å². The maximum Gasteiger partial charge on any atom is 0.341 e. The molecule has 0 fully saturated rings. The van der Waals surface area contributed by atoms with Crippen molar-refractivity contribution in [2.45, 2.75) is 11.8 Å². The largest absolute Gasteiger partial charge is 0.497 e. The predicted octanol–water partition coefficient (Wildman–Crippen LogP) is 6.09. The van der Waals surface area contributed by atoms with Gasteiger partial charge in [0, 0.05) is 21.8 Å². The summed E-state index contributed by atoms with van der Waals surface area (Å²) in [6.45, 7) is 1.64. The molecule has 0 aliphatic heterocycles. The Morgan fingerprint density at radius 2 is 1.49 bits per heavy atom. The van der Waals surface area contributed by atoms with Gasteiger partial charge >= 0.3 is 5.97 Å². The highest BCUT2D eigenvalue weighted by molar-refractivity contribution is 8.00. The monoisotopic (exact) mass is 589 g/mol. The van der Waals surface area contributed by atoms with Crippen molar-refractivity contribution in [1.82, 2.24) is 0 Å². The van der Waals surface area contributed by atoms with Gasteiger partial charge in [-0.05, 0) is 67.1 Å². The van der Waals surface area contributed by atoms with E-state index in [9.17, 15) is 19.2 Å². The first-order valence-electron chi connectivity index (χ1n) is 12.3. The van der Waals surface area contributed by atoms with Crippen molar-refractivity contribution in [1.29, 1.82) is 0 Å². The van der Waals surface area contributed by atoms with Crippen LogP contribution in [0.4, 0.5) is 16.4 Å². The van der Waals surface area contributed by atoms with E-state index in [0.717, 1.165) is 16.2 Å². The van der Waals surface area contributed by atoms with Crippen LogP contribution in [0.5, 0.6) is 5.75 Å². The number of nitrogens with one attached hydrogen (secondary N) is 3. The minimum Gasteiger partial charge on any atom is -0.497 e. The maximum absolute atomic E-state index is 12.9. The zero-order valence-electron chi connectivity index (χ0n) is 22.5. The number of anilines is 3. The van der Waals surface area contributed by atoms with Crippen molar-refractivity contribution in [2.75, 3.05) is 35.9 Å². The zero-order chi connectivity index (χ0) is 29.4. The smallest absolute Gasteiger partial charge is 0.341 e. The summed E-state index contributed by atoms with van der Waals surface area (Å²) < 4.78 is 10.0. The van der Waals surface area contributed by atoms with Crippen LogP contribution in [-0.4, -0.2) is 43.7 Å². The van der Waals surface area contributed by atoms with Crippen LogP contribution < -0.4 is 20.7 Å². The number of esters is 1. The van der Waals surface area contributed by atoms with Crippen molar-refractivity contribution in [3.63, 3.8) is 0 Å². The fraction of sp³-hybridized carbons (Fsp3) is 0.133. The van der Waals surface area contributed by atoms with Crippen molar-refractivity contribution in [3.05, 3.63) is 100 Å². The Labute approximate surface area is 245 Å². The van der Waals surface area contributed by atoms with Crippen LogP contribution in [0.25, 0.3) is 0 Å². The van der Waals surface area contributed by atoms with Gasteiger partial charge in [-0.1, -0.05) is 24.3 Å². The van der Waals surface area contributed by atoms with Gasteiger partial charge in [0.2, 0.25) is 5.91 Å². The molecule has 11 heteroatoms. The van der Waals surface area contributed by atoms with Crippen LogP contribution in [0.1, 0.15) is 36.0 Å². The Hall–Kier alpha value is -4.61.